The van der Waals surface area contributed by atoms with Crippen molar-refractivity contribution < 1.29 is 0 Å². The molecular weight excluding hydrogens is 190 g/mol. The maximum Gasteiger partial charge on any atom is 0.146 e. The minimum atomic E-state index is 0.764. The Morgan fingerprint density at radius 3 is 3.00 bits per heavy atom. The molecule has 0 aliphatic carbocycles. The van der Waals surface area contributed by atoms with Crippen LogP contribution in [0.3, 0.4) is 0 Å². The van der Waals surface area contributed by atoms with Gasteiger partial charge in [-0.1, -0.05) is 0 Å². The number of nitrogens with zero attached hydrogens (tertiary/aromatic N) is 4. The van der Waals surface area contributed by atoms with Gasteiger partial charge in [0.1, 0.15) is 12.2 Å². The van der Waals surface area contributed by atoms with Crippen molar-refractivity contribution >= 4 is 0 Å². The predicted octanol–water partition coefficient (Wildman–Crippen LogP) is 0.384. The minimum Gasteiger partial charge on any atom is -0.343 e. The molecule has 0 radical (unpaired) electrons. The molecule has 0 aliphatic rings. The summed E-state index contributed by atoms with van der Waals surface area (Å²) < 4.78 is 3.96. The fraction of sp³-hybridized carbons (Fsp3) is 0.400. The van der Waals surface area contributed by atoms with Crippen molar-refractivity contribution in [1.82, 2.24) is 24.6 Å². The molecule has 0 aromatic carbocycles. The molecule has 0 atom stereocenters. The Balaban J connectivity index is 2.17. The first-order valence-corrected chi connectivity index (χ1v) is 4.92. The summed E-state index contributed by atoms with van der Waals surface area (Å²) in [4.78, 5) is 4.20. The number of aryl methyl sites for hydroxylation is 1. The van der Waals surface area contributed by atoms with Crippen LogP contribution in [0, 0.1) is 0 Å². The van der Waals surface area contributed by atoms with E-state index in [4.69, 9.17) is 0 Å². The van der Waals surface area contributed by atoms with Crippen molar-refractivity contribution in [2.75, 3.05) is 7.05 Å². The van der Waals surface area contributed by atoms with Crippen LogP contribution in [0.25, 0.3) is 0 Å². The van der Waals surface area contributed by atoms with Crippen LogP contribution in [0.5, 0.6) is 0 Å². The topological polar surface area (TPSA) is 47.7 Å². The van der Waals surface area contributed by atoms with Gasteiger partial charge in [-0.2, -0.15) is 5.10 Å². The monoisotopic (exact) mass is 205 g/mol. The summed E-state index contributed by atoms with van der Waals surface area (Å²) in [6.45, 7) is 1.63. The van der Waals surface area contributed by atoms with Crippen LogP contribution in [0.1, 0.15) is 11.5 Å². The van der Waals surface area contributed by atoms with E-state index in [0.717, 1.165) is 18.9 Å². The van der Waals surface area contributed by atoms with E-state index >= 15 is 0 Å². The standard InChI is InChI=1S/C10H15N5/c1-11-6-9-4-3-5-15(9)7-10-12-8-13-14(10)2/h3-5,8,11H,6-7H2,1-2H3. The van der Waals surface area contributed by atoms with Gasteiger partial charge in [0.25, 0.3) is 0 Å². The summed E-state index contributed by atoms with van der Waals surface area (Å²) in [5.74, 6) is 0.962. The second-order valence-electron chi connectivity index (χ2n) is 3.46. The highest BCUT2D eigenvalue weighted by Gasteiger charge is 2.04. The van der Waals surface area contributed by atoms with Gasteiger partial charge in [-0.05, 0) is 19.2 Å². The van der Waals surface area contributed by atoms with Crippen molar-refractivity contribution in [3.8, 4) is 0 Å². The van der Waals surface area contributed by atoms with Crippen LogP contribution >= 0.6 is 0 Å². The average Bonchev–Trinajstić information content (AvgIpc) is 2.80. The Hall–Kier alpha value is -1.62. The van der Waals surface area contributed by atoms with Gasteiger partial charge in [0.2, 0.25) is 0 Å². The lowest BCUT2D eigenvalue weighted by molar-refractivity contribution is 0.626. The van der Waals surface area contributed by atoms with E-state index in [1.807, 2.05) is 20.2 Å². The number of hydrogen-bond acceptors (Lipinski definition) is 3. The first kappa shape index (κ1) is 9.92. The molecule has 2 aromatic heterocycles. The SMILES string of the molecule is CNCc1cccn1Cc1ncnn1C. The molecule has 0 amide bonds. The summed E-state index contributed by atoms with van der Waals surface area (Å²) in [6, 6.07) is 4.15. The Morgan fingerprint density at radius 1 is 1.47 bits per heavy atom. The van der Waals surface area contributed by atoms with Crippen molar-refractivity contribution in [2.24, 2.45) is 7.05 Å². The Kier molecular flexibility index (Phi) is 2.82. The van der Waals surface area contributed by atoms with Crippen LogP contribution in [-0.2, 0) is 20.1 Å². The van der Waals surface area contributed by atoms with Gasteiger partial charge >= 0.3 is 0 Å². The Bertz CT molecular complexity index is 428. The molecular formula is C10H15N5. The summed E-state index contributed by atoms with van der Waals surface area (Å²) in [5, 5.41) is 7.19. The number of aromatic nitrogens is 4. The fourth-order valence-corrected chi connectivity index (χ4v) is 1.56. The molecule has 0 saturated carbocycles. The van der Waals surface area contributed by atoms with Crippen LogP contribution in [0.4, 0.5) is 0 Å². The highest BCUT2D eigenvalue weighted by atomic mass is 15.3. The van der Waals surface area contributed by atoms with E-state index in [9.17, 15) is 0 Å². The number of hydrogen-bond donors (Lipinski definition) is 1. The van der Waals surface area contributed by atoms with Gasteiger partial charge in [0, 0.05) is 25.5 Å². The minimum absolute atomic E-state index is 0.764. The molecule has 0 fully saturated rings. The molecule has 2 aromatic rings. The first-order chi connectivity index (χ1) is 7.31. The van der Waals surface area contributed by atoms with E-state index in [0.29, 0.717) is 0 Å². The summed E-state index contributed by atoms with van der Waals surface area (Å²) in [5.41, 5.74) is 1.25. The molecule has 5 heteroatoms. The average molecular weight is 205 g/mol. The third-order valence-corrected chi connectivity index (χ3v) is 2.40. The number of rotatable bonds is 4. The molecule has 2 rings (SSSR count). The molecule has 0 bridgehead atoms. The van der Waals surface area contributed by atoms with Crippen LogP contribution in [-0.4, -0.2) is 26.4 Å². The molecule has 0 aliphatic heterocycles. The highest BCUT2D eigenvalue weighted by Crippen LogP contribution is 2.04. The van der Waals surface area contributed by atoms with Crippen molar-refractivity contribution in [3.63, 3.8) is 0 Å². The van der Waals surface area contributed by atoms with Crippen molar-refractivity contribution in [1.29, 1.82) is 0 Å². The Labute approximate surface area is 88.7 Å². The van der Waals surface area contributed by atoms with Crippen LogP contribution < -0.4 is 5.32 Å². The Morgan fingerprint density at radius 2 is 2.33 bits per heavy atom. The smallest absolute Gasteiger partial charge is 0.146 e. The largest absolute Gasteiger partial charge is 0.343 e. The van der Waals surface area contributed by atoms with Crippen molar-refractivity contribution in [3.05, 3.63) is 36.2 Å². The molecule has 0 unspecified atom stereocenters. The molecule has 0 saturated heterocycles. The first-order valence-electron chi connectivity index (χ1n) is 4.92. The van der Waals surface area contributed by atoms with Crippen molar-refractivity contribution in [2.45, 2.75) is 13.1 Å². The number of nitrogens with one attached hydrogen (secondary N) is 1. The maximum atomic E-state index is 4.20. The zero-order valence-corrected chi connectivity index (χ0v) is 9.01. The summed E-state index contributed by atoms with van der Waals surface area (Å²) in [7, 11) is 3.85. The third-order valence-electron chi connectivity index (χ3n) is 2.40. The van der Waals surface area contributed by atoms with Gasteiger partial charge in [0.05, 0.1) is 6.54 Å². The van der Waals surface area contributed by atoms with Gasteiger partial charge in [0.15, 0.2) is 0 Å². The van der Waals surface area contributed by atoms with E-state index in [1.165, 1.54) is 5.69 Å². The molecule has 15 heavy (non-hydrogen) atoms. The van der Waals surface area contributed by atoms with E-state index in [1.54, 1.807) is 11.0 Å². The lowest BCUT2D eigenvalue weighted by Gasteiger charge is -2.07. The molecule has 0 spiro atoms. The van der Waals surface area contributed by atoms with E-state index < -0.39 is 0 Å². The predicted molar refractivity (Wildman–Crippen MR) is 57.3 cm³/mol. The molecule has 5 nitrogen and oxygen atoms in total. The summed E-state index contributed by atoms with van der Waals surface area (Å²) >= 11 is 0. The normalized spacial score (nSPS) is 10.8. The van der Waals surface area contributed by atoms with Crippen LogP contribution in [0.15, 0.2) is 24.7 Å². The maximum absolute atomic E-state index is 4.20. The van der Waals surface area contributed by atoms with E-state index in [-0.39, 0.29) is 0 Å². The zero-order chi connectivity index (χ0) is 10.7. The zero-order valence-electron chi connectivity index (χ0n) is 9.01. The second-order valence-corrected chi connectivity index (χ2v) is 3.46. The van der Waals surface area contributed by atoms with Gasteiger partial charge in [-0.25, -0.2) is 4.98 Å². The molecule has 80 valence electrons. The lowest BCUT2D eigenvalue weighted by atomic mass is 10.4. The third kappa shape index (κ3) is 2.07. The second kappa shape index (κ2) is 4.27. The molecule has 1 N–H and O–H groups in total. The van der Waals surface area contributed by atoms with Crippen LogP contribution in [0.2, 0.25) is 0 Å². The molecule has 2 heterocycles. The van der Waals surface area contributed by atoms with E-state index in [2.05, 4.69) is 32.2 Å². The van der Waals surface area contributed by atoms with Gasteiger partial charge < -0.3 is 9.88 Å². The van der Waals surface area contributed by atoms with Gasteiger partial charge in [-0.15, -0.1) is 0 Å². The van der Waals surface area contributed by atoms with Gasteiger partial charge in [-0.3, -0.25) is 4.68 Å². The quantitative estimate of drug-likeness (QED) is 0.785. The lowest BCUT2D eigenvalue weighted by Crippen LogP contribution is -2.13. The fourth-order valence-electron chi connectivity index (χ4n) is 1.56. The highest BCUT2D eigenvalue weighted by molar-refractivity contribution is 5.08. The summed E-state index contributed by atoms with van der Waals surface area (Å²) in [6.07, 6.45) is 3.64.